The summed E-state index contributed by atoms with van der Waals surface area (Å²) >= 11 is 1.24. The van der Waals surface area contributed by atoms with Crippen LogP contribution in [0.3, 0.4) is 0 Å². The van der Waals surface area contributed by atoms with E-state index in [2.05, 4.69) is 0 Å². The van der Waals surface area contributed by atoms with E-state index in [1.165, 1.54) is 11.3 Å². The highest BCUT2D eigenvalue weighted by molar-refractivity contribution is 7.19. The highest BCUT2D eigenvalue weighted by Crippen LogP contribution is 2.35. The predicted molar refractivity (Wildman–Crippen MR) is 72.2 cm³/mol. The highest BCUT2D eigenvalue weighted by Gasteiger charge is 2.22. The number of hydrogen-bond acceptors (Lipinski definition) is 2. The van der Waals surface area contributed by atoms with E-state index in [1.807, 2.05) is 24.3 Å². The summed E-state index contributed by atoms with van der Waals surface area (Å²) in [5.74, 6) is -3.19. The molecule has 3 aromatic rings. The molecule has 1 aromatic heterocycles. The molecule has 102 valence electrons. The van der Waals surface area contributed by atoms with Crippen LogP contribution in [-0.4, -0.2) is 5.11 Å². The van der Waals surface area contributed by atoms with Crippen LogP contribution < -0.4 is 0 Å². The molecule has 0 radical (unpaired) electrons. The summed E-state index contributed by atoms with van der Waals surface area (Å²) in [6.45, 7) is 0. The molecule has 0 saturated carbocycles. The molecule has 1 nitrogen and oxygen atoms in total. The topological polar surface area (TPSA) is 20.2 Å². The molecule has 0 spiro atoms. The minimum atomic E-state index is -1.45. The molecule has 0 saturated heterocycles. The van der Waals surface area contributed by atoms with Crippen LogP contribution in [-0.2, 0) is 0 Å². The molecule has 0 aliphatic rings. The molecule has 1 atom stereocenters. The van der Waals surface area contributed by atoms with Crippen molar-refractivity contribution in [3.8, 4) is 0 Å². The summed E-state index contributed by atoms with van der Waals surface area (Å²) in [7, 11) is 0. The smallest absolute Gasteiger partial charge is 0.135 e. The van der Waals surface area contributed by atoms with Gasteiger partial charge in [-0.15, -0.1) is 11.3 Å². The molecule has 0 amide bonds. The Morgan fingerprint density at radius 2 is 1.60 bits per heavy atom. The average Bonchev–Trinajstić information content (AvgIpc) is 2.81. The van der Waals surface area contributed by atoms with Gasteiger partial charge in [-0.1, -0.05) is 18.2 Å². The van der Waals surface area contributed by atoms with E-state index < -0.39 is 29.1 Å². The Kier molecular flexibility index (Phi) is 3.23. The fourth-order valence-electron chi connectivity index (χ4n) is 2.09. The number of thiophene rings is 1. The van der Waals surface area contributed by atoms with Crippen molar-refractivity contribution < 1.29 is 18.3 Å². The van der Waals surface area contributed by atoms with Gasteiger partial charge in [0.05, 0.1) is 5.56 Å². The quantitative estimate of drug-likeness (QED) is 0.742. The fraction of sp³-hybridized carbons (Fsp3) is 0.0667. The lowest BCUT2D eigenvalue weighted by atomic mass is 10.1. The van der Waals surface area contributed by atoms with E-state index in [0.29, 0.717) is 17.0 Å². The summed E-state index contributed by atoms with van der Waals surface area (Å²) in [5.41, 5.74) is -0.530. The lowest BCUT2D eigenvalue weighted by Gasteiger charge is -2.11. The van der Waals surface area contributed by atoms with Crippen LogP contribution in [0.1, 0.15) is 16.5 Å². The molecule has 2 aromatic carbocycles. The Morgan fingerprint density at radius 3 is 2.25 bits per heavy atom. The Balaban J connectivity index is 2.10. The molecule has 1 N–H and O–H groups in total. The average molecular weight is 294 g/mol. The minimum Gasteiger partial charge on any atom is -0.383 e. The zero-order valence-corrected chi connectivity index (χ0v) is 10.9. The van der Waals surface area contributed by atoms with Gasteiger partial charge in [0.1, 0.15) is 23.6 Å². The third-order valence-electron chi connectivity index (χ3n) is 3.03. The molecule has 3 rings (SSSR count). The van der Waals surface area contributed by atoms with E-state index in [1.54, 1.807) is 6.07 Å². The first-order valence-corrected chi connectivity index (χ1v) is 6.69. The van der Waals surface area contributed by atoms with Crippen molar-refractivity contribution in [1.29, 1.82) is 0 Å². The number of rotatable bonds is 2. The standard InChI is InChI=1S/C15H9F3OS/c16-9-6-10(17)14(11(18)7-9)15(19)13-5-8-3-1-2-4-12(8)20-13/h1-7,15,19H. The van der Waals surface area contributed by atoms with Gasteiger partial charge >= 0.3 is 0 Å². The second-order valence-electron chi connectivity index (χ2n) is 4.37. The van der Waals surface area contributed by atoms with Crippen molar-refractivity contribution in [2.75, 3.05) is 0 Å². The zero-order chi connectivity index (χ0) is 14.3. The number of aliphatic hydroxyl groups excluding tert-OH is 1. The maximum absolute atomic E-state index is 13.7. The molecule has 1 heterocycles. The second-order valence-corrected chi connectivity index (χ2v) is 5.49. The highest BCUT2D eigenvalue weighted by atomic mass is 32.1. The summed E-state index contributed by atoms with van der Waals surface area (Å²) < 4.78 is 41.1. The third kappa shape index (κ3) is 2.19. The second kappa shape index (κ2) is 4.92. The van der Waals surface area contributed by atoms with Crippen LogP contribution in [0.25, 0.3) is 10.1 Å². The SMILES string of the molecule is OC(c1cc2ccccc2s1)c1c(F)cc(F)cc1F. The van der Waals surface area contributed by atoms with Gasteiger partial charge in [0.15, 0.2) is 0 Å². The number of aliphatic hydroxyl groups is 1. The van der Waals surface area contributed by atoms with E-state index in [0.717, 1.165) is 10.1 Å². The minimum absolute atomic E-state index is 0.413. The van der Waals surface area contributed by atoms with Crippen LogP contribution in [0, 0.1) is 17.5 Å². The third-order valence-corrected chi connectivity index (χ3v) is 4.20. The zero-order valence-electron chi connectivity index (χ0n) is 10.1. The van der Waals surface area contributed by atoms with Crippen LogP contribution in [0.2, 0.25) is 0 Å². The Labute approximate surface area is 116 Å². The van der Waals surface area contributed by atoms with Crippen molar-refractivity contribution in [2.45, 2.75) is 6.10 Å². The number of benzene rings is 2. The van der Waals surface area contributed by atoms with Gasteiger partial charge in [-0.25, -0.2) is 13.2 Å². The van der Waals surface area contributed by atoms with Crippen molar-refractivity contribution in [3.05, 3.63) is 70.4 Å². The monoisotopic (exact) mass is 294 g/mol. The van der Waals surface area contributed by atoms with Crippen LogP contribution in [0.5, 0.6) is 0 Å². The molecular formula is C15H9F3OS. The first kappa shape index (κ1) is 13.1. The molecule has 0 bridgehead atoms. The van der Waals surface area contributed by atoms with Crippen molar-refractivity contribution >= 4 is 21.4 Å². The maximum atomic E-state index is 13.7. The van der Waals surface area contributed by atoms with Gasteiger partial charge in [-0.05, 0) is 17.5 Å². The first-order chi connectivity index (χ1) is 9.56. The molecule has 20 heavy (non-hydrogen) atoms. The molecule has 0 aliphatic carbocycles. The predicted octanol–water partition coefficient (Wildman–Crippen LogP) is 4.40. The maximum Gasteiger partial charge on any atom is 0.135 e. The van der Waals surface area contributed by atoms with E-state index in [-0.39, 0.29) is 0 Å². The lowest BCUT2D eigenvalue weighted by Crippen LogP contribution is -2.05. The molecular weight excluding hydrogens is 285 g/mol. The Bertz CT molecular complexity index is 726. The fourth-order valence-corrected chi connectivity index (χ4v) is 3.15. The van der Waals surface area contributed by atoms with Gasteiger partial charge in [0.2, 0.25) is 0 Å². The van der Waals surface area contributed by atoms with E-state index >= 15 is 0 Å². The molecule has 0 aliphatic heterocycles. The summed E-state index contributed by atoms with van der Waals surface area (Å²) in [6.07, 6.45) is -1.45. The number of hydrogen-bond donors (Lipinski definition) is 1. The summed E-state index contributed by atoms with van der Waals surface area (Å²) in [5, 5.41) is 11.0. The van der Waals surface area contributed by atoms with Gasteiger partial charge in [0.25, 0.3) is 0 Å². The largest absolute Gasteiger partial charge is 0.383 e. The van der Waals surface area contributed by atoms with Crippen LogP contribution in [0.4, 0.5) is 13.2 Å². The molecule has 0 fully saturated rings. The molecule has 5 heteroatoms. The number of fused-ring (bicyclic) bond motifs is 1. The number of halogens is 3. The first-order valence-electron chi connectivity index (χ1n) is 5.87. The van der Waals surface area contributed by atoms with E-state index in [9.17, 15) is 18.3 Å². The normalized spacial score (nSPS) is 12.8. The Morgan fingerprint density at radius 1 is 0.950 bits per heavy atom. The Hall–Kier alpha value is -1.85. The van der Waals surface area contributed by atoms with Crippen LogP contribution >= 0.6 is 11.3 Å². The van der Waals surface area contributed by atoms with Gasteiger partial charge in [-0.2, -0.15) is 0 Å². The van der Waals surface area contributed by atoms with Gasteiger partial charge in [0, 0.05) is 21.7 Å². The summed E-state index contributed by atoms with van der Waals surface area (Å²) in [6, 6.07) is 10.2. The van der Waals surface area contributed by atoms with Crippen molar-refractivity contribution in [1.82, 2.24) is 0 Å². The van der Waals surface area contributed by atoms with Crippen molar-refractivity contribution in [2.24, 2.45) is 0 Å². The summed E-state index contributed by atoms with van der Waals surface area (Å²) in [4.78, 5) is 0.413. The van der Waals surface area contributed by atoms with Crippen LogP contribution in [0.15, 0.2) is 42.5 Å². The van der Waals surface area contributed by atoms with Gasteiger partial charge in [-0.3, -0.25) is 0 Å². The van der Waals surface area contributed by atoms with E-state index in [4.69, 9.17) is 0 Å². The molecule has 1 unspecified atom stereocenters. The lowest BCUT2D eigenvalue weighted by molar-refractivity contribution is 0.212. The van der Waals surface area contributed by atoms with Gasteiger partial charge < -0.3 is 5.11 Å². The van der Waals surface area contributed by atoms with Crippen molar-refractivity contribution in [3.63, 3.8) is 0 Å².